The van der Waals surface area contributed by atoms with E-state index in [1.807, 2.05) is 12.1 Å². The molecule has 0 N–H and O–H groups in total. The van der Waals surface area contributed by atoms with Gasteiger partial charge in [0, 0.05) is 19.3 Å². The molecule has 0 saturated carbocycles. The number of morpholine rings is 1. The molecule has 1 fully saturated rings. The topological polar surface area (TPSA) is 60.9 Å². The normalized spacial score (nSPS) is 18.4. The van der Waals surface area contributed by atoms with E-state index in [-0.39, 0.29) is 18.5 Å². The molecule has 6 heteroatoms. The van der Waals surface area contributed by atoms with Crippen molar-refractivity contribution in [1.29, 1.82) is 0 Å². The smallest absolute Gasteiger partial charge is 0.308 e. The Morgan fingerprint density at radius 2 is 2.43 bits per heavy atom. The lowest BCUT2D eigenvalue weighted by molar-refractivity contribution is -0.144. The van der Waals surface area contributed by atoms with Crippen LogP contribution in [0.2, 0.25) is 0 Å². The minimum Gasteiger partial charge on any atom is -0.490 e. The highest BCUT2D eigenvalue weighted by atomic mass is 16.5. The summed E-state index contributed by atoms with van der Waals surface area (Å²) in [5.41, 5.74) is 0. The van der Waals surface area contributed by atoms with Crippen molar-refractivity contribution >= 4 is 11.8 Å². The first-order valence-electron chi connectivity index (χ1n) is 7.25. The molecule has 2 heterocycles. The number of carbonyl (C=O) groups excluding carboxylic acids is 1. The number of carbonyl (C=O) groups is 1. The van der Waals surface area contributed by atoms with E-state index in [0.29, 0.717) is 19.8 Å². The van der Waals surface area contributed by atoms with Gasteiger partial charge in [0.05, 0.1) is 32.8 Å². The van der Waals surface area contributed by atoms with Gasteiger partial charge in [-0.1, -0.05) is 6.92 Å². The Morgan fingerprint density at radius 3 is 3.19 bits per heavy atom. The molecule has 0 amide bonds. The van der Waals surface area contributed by atoms with Gasteiger partial charge in [-0.15, -0.1) is 0 Å². The van der Waals surface area contributed by atoms with E-state index in [0.717, 1.165) is 24.5 Å². The summed E-state index contributed by atoms with van der Waals surface area (Å²) < 4.78 is 16.0. The average Bonchev–Trinajstić information content (AvgIpc) is 2.53. The van der Waals surface area contributed by atoms with Gasteiger partial charge in [-0.05, 0) is 18.6 Å². The van der Waals surface area contributed by atoms with Crippen molar-refractivity contribution in [1.82, 2.24) is 4.98 Å². The molecule has 0 aliphatic carbocycles. The molecule has 0 radical (unpaired) electrons. The van der Waals surface area contributed by atoms with Crippen LogP contribution in [-0.2, 0) is 14.3 Å². The molecule has 1 aromatic heterocycles. The van der Waals surface area contributed by atoms with Crippen LogP contribution < -0.4 is 9.64 Å². The van der Waals surface area contributed by atoms with Gasteiger partial charge in [0.25, 0.3) is 0 Å². The number of hydrogen-bond acceptors (Lipinski definition) is 6. The predicted molar refractivity (Wildman–Crippen MR) is 78.6 cm³/mol. The SMILES string of the molecule is CCCOc1cccnc1N1CCOC(CC(=O)OC)C1. The molecule has 0 spiro atoms. The number of pyridine rings is 1. The van der Waals surface area contributed by atoms with Gasteiger partial charge < -0.3 is 19.1 Å². The summed E-state index contributed by atoms with van der Waals surface area (Å²) in [6, 6.07) is 3.78. The molecule has 1 unspecified atom stereocenters. The summed E-state index contributed by atoms with van der Waals surface area (Å²) in [5, 5.41) is 0. The molecule has 1 aromatic rings. The molecule has 0 bridgehead atoms. The van der Waals surface area contributed by atoms with Crippen LogP contribution in [0.25, 0.3) is 0 Å². The Kier molecular flexibility index (Phi) is 5.80. The second kappa shape index (κ2) is 7.83. The lowest BCUT2D eigenvalue weighted by Gasteiger charge is -2.34. The van der Waals surface area contributed by atoms with Crippen LogP contribution in [0, 0.1) is 0 Å². The Hall–Kier alpha value is -1.82. The first-order valence-corrected chi connectivity index (χ1v) is 7.25. The summed E-state index contributed by atoms with van der Waals surface area (Å²) in [6.45, 7) is 4.63. The van der Waals surface area contributed by atoms with E-state index in [1.165, 1.54) is 7.11 Å². The van der Waals surface area contributed by atoms with Crippen molar-refractivity contribution in [3.8, 4) is 5.75 Å². The number of nitrogens with zero attached hydrogens (tertiary/aromatic N) is 2. The fourth-order valence-corrected chi connectivity index (χ4v) is 2.25. The third kappa shape index (κ3) is 4.32. The maximum atomic E-state index is 11.4. The molecule has 6 nitrogen and oxygen atoms in total. The highest BCUT2D eigenvalue weighted by Gasteiger charge is 2.25. The lowest BCUT2D eigenvalue weighted by Crippen LogP contribution is -2.44. The zero-order chi connectivity index (χ0) is 15.1. The van der Waals surface area contributed by atoms with Gasteiger partial charge in [0.15, 0.2) is 11.6 Å². The molecular formula is C15H22N2O4. The number of anilines is 1. The second-order valence-electron chi connectivity index (χ2n) is 4.89. The van der Waals surface area contributed by atoms with Crippen LogP contribution in [0.1, 0.15) is 19.8 Å². The largest absolute Gasteiger partial charge is 0.490 e. The summed E-state index contributed by atoms with van der Waals surface area (Å²) in [5.74, 6) is 1.33. The van der Waals surface area contributed by atoms with Gasteiger partial charge in [0.1, 0.15) is 0 Å². The molecule has 116 valence electrons. The molecule has 0 aromatic carbocycles. The average molecular weight is 294 g/mol. The van der Waals surface area contributed by atoms with Crippen LogP contribution in [0.4, 0.5) is 5.82 Å². The predicted octanol–water partition coefficient (Wildman–Crippen LogP) is 1.64. The monoisotopic (exact) mass is 294 g/mol. The van der Waals surface area contributed by atoms with Gasteiger partial charge in [0.2, 0.25) is 0 Å². The summed E-state index contributed by atoms with van der Waals surface area (Å²) in [6.07, 6.45) is 2.78. The van der Waals surface area contributed by atoms with Crippen molar-refractivity contribution in [2.24, 2.45) is 0 Å². The Morgan fingerprint density at radius 1 is 1.57 bits per heavy atom. The van der Waals surface area contributed by atoms with Crippen LogP contribution in [0.5, 0.6) is 5.75 Å². The number of aromatic nitrogens is 1. The Labute approximate surface area is 125 Å². The van der Waals surface area contributed by atoms with E-state index < -0.39 is 0 Å². The van der Waals surface area contributed by atoms with Gasteiger partial charge >= 0.3 is 5.97 Å². The van der Waals surface area contributed by atoms with E-state index in [4.69, 9.17) is 14.2 Å². The third-order valence-corrected chi connectivity index (χ3v) is 3.27. The third-order valence-electron chi connectivity index (χ3n) is 3.27. The van der Waals surface area contributed by atoms with Crippen LogP contribution in [0.3, 0.4) is 0 Å². The maximum absolute atomic E-state index is 11.4. The van der Waals surface area contributed by atoms with E-state index in [9.17, 15) is 4.79 Å². The fourth-order valence-electron chi connectivity index (χ4n) is 2.25. The van der Waals surface area contributed by atoms with Crippen LogP contribution >= 0.6 is 0 Å². The van der Waals surface area contributed by atoms with Crippen molar-refractivity contribution in [2.45, 2.75) is 25.9 Å². The highest BCUT2D eigenvalue weighted by Crippen LogP contribution is 2.27. The fraction of sp³-hybridized carbons (Fsp3) is 0.600. The molecule has 21 heavy (non-hydrogen) atoms. The lowest BCUT2D eigenvalue weighted by atomic mass is 10.2. The molecule has 1 aliphatic heterocycles. The number of esters is 1. The summed E-state index contributed by atoms with van der Waals surface area (Å²) >= 11 is 0. The zero-order valence-corrected chi connectivity index (χ0v) is 12.6. The number of methoxy groups -OCH3 is 1. The molecular weight excluding hydrogens is 272 g/mol. The zero-order valence-electron chi connectivity index (χ0n) is 12.6. The molecule has 1 atom stereocenters. The standard InChI is InChI=1S/C15H22N2O4/c1-3-8-21-13-5-4-6-16-15(13)17-7-9-20-12(11-17)10-14(18)19-2/h4-6,12H,3,7-11H2,1-2H3. The first kappa shape index (κ1) is 15.6. The van der Waals surface area contributed by atoms with Crippen molar-refractivity contribution in [3.05, 3.63) is 18.3 Å². The van der Waals surface area contributed by atoms with E-state index in [1.54, 1.807) is 6.20 Å². The minimum atomic E-state index is -0.259. The van der Waals surface area contributed by atoms with E-state index in [2.05, 4.69) is 16.8 Å². The maximum Gasteiger partial charge on any atom is 0.308 e. The van der Waals surface area contributed by atoms with Gasteiger partial charge in [-0.2, -0.15) is 0 Å². The number of hydrogen-bond donors (Lipinski definition) is 0. The quantitative estimate of drug-likeness (QED) is 0.743. The second-order valence-corrected chi connectivity index (χ2v) is 4.89. The number of ether oxygens (including phenoxy) is 3. The summed E-state index contributed by atoms with van der Waals surface area (Å²) in [7, 11) is 1.39. The van der Waals surface area contributed by atoms with Crippen molar-refractivity contribution in [3.63, 3.8) is 0 Å². The number of rotatable bonds is 6. The van der Waals surface area contributed by atoms with Crippen LogP contribution in [0.15, 0.2) is 18.3 Å². The summed E-state index contributed by atoms with van der Waals surface area (Å²) in [4.78, 5) is 17.9. The highest BCUT2D eigenvalue weighted by molar-refractivity contribution is 5.70. The Balaban J connectivity index is 2.05. The van der Waals surface area contributed by atoms with Gasteiger partial charge in [-0.3, -0.25) is 4.79 Å². The molecule has 2 rings (SSSR count). The molecule has 1 saturated heterocycles. The van der Waals surface area contributed by atoms with Crippen molar-refractivity contribution in [2.75, 3.05) is 38.3 Å². The first-order chi connectivity index (χ1) is 10.2. The minimum absolute atomic E-state index is 0.174. The Bertz CT molecular complexity index is 467. The molecule has 1 aliphatic rings. The van der Waals surface area contributed by atoms with Crippen molar-refractivity contribution < 1.29 is 19.0 Å². The van der Waals surface area contributed by atoms with E-state index >= 15 is 0 Å². The van der Waals surface area contributed by atoms with Gasteiger partial charge in [-0.25, -0.2) is 4.98 Å². The van der Waals surface area contributed by atoms with Crippen LogP contribution in [-0.4, -0.2) is 50.5 Å².